The van der Waals surface area contributed by atoms with E-state index in [0.29, 0.717) is 23.4 Å². The second kappa shape index (κ2) is 13.7. The highest BCUT2D eigenvalue weighted by Gasteiger charge is 2.20. The Kier molecular flexibility index (Phi) is 10.4. The third-order valence-electron chi connectivity index (χ3n) is 5.98. The Balaban J connectivity index is 0.000000507. The molecule has 0 aliphatic carbocycles. The summed E-state index contributed by atoms with van der Waals surface area (Å²) in [5.74, 6) is 1.27. The molecule has 3 aromatic rings. The van der Waals surface area contributed by atoms with E-state index in [1.54, 1.807) is 33.0 Å². The summed E-state index contributed by atoms with van der Waals surface area (Å²) in [5.41, 5.74) is 8.44. The van der Waals surface area contributed by atoms with Gasteiger partial charge in [-0.05, 0) is 77.1 Å². The van der Waals surface area contributed by atoms with Crippen LogP contribution in [0.4, 0.5) is 4.79 Å². The number of fused-ring (bicyclic) bond motifs is 1. The number of ether oxygens (including phenoxy) is 2. The summed E-state index contributed by atoms with van der Waals surface area (Å²) in [7, 11) is 0. The largest absolute Gasteiger partial charge is 0.474 e. The van der Waals surface area contributed by atoms with E-state index >= 15 is 0 Å². The second-order valence-corrected chi connectivity index (χ2v) is 10.9. The van der Waals surface area contributed by atoms with Gasteiger partial charge in [0.1, 0.15) is 17.2 Å². The molecule has 2 N–H and O–H groups in total. The number of benzene rings is 1. The zero-order chi connectivity index (χ0) is 30.2. The van der Waals surface area contributed by atoms with Crippen LogP contribution in [0, 0.1) is 11.3 Å². The van der Waals surface area contributed by atoms with Gasteiger partial charge in [0.25, 0.3) is 5.89 Å². The Morgan fingerprint density at radius 1 is 1.15 bits per heavy atom. The Morgan fingerprint density at radius 2 is 1.85 bits per heavy atom. The third kappa shape index (κ3) is 9.03. The van der Waals surface area contributed by atoms with Gasteiger partial charge in [-0.3, -0.25) is 4.79 Å². The predicted octanol–water partition coefficient (Wildman–Crippen LogP) is 5.06. The van der Waals surface area contributed by atoms with Crippen LogP contribution in [0.2, 0.25) is 0 Å². The molecule has 1 aliphatic heterocycles. The van der Waals surface area contributed by atoms with E-state index in [4.69, 9.17) is 15.0 Å². The number of nitriles is 1. The van der Waals surface area contributed by atoms with Gasteiger partial charge in [0.05, 0.1) is 11.7 Å². The van der Waals surface area contributed by atoms with Crippen LogP contribution in [0.15, 0.2) is 35.0 Å². The van der Waals surface area contributed by atoms with Crippen molar-refractivity contribution >= 4 is 12.0 Å². The van der Waals surface area contributed by atoms with E-state index in [-0.39, 0.29) is 23.8 Å². The summed E-state index contributed by atoms with van der Waals surface area (Å²) in [5, 5.41) is 13.6. The van der Waals surface area contributed by atoms with Crippen molar-refractivity contribution in [2.45, 2.75) is 78.9 Å². The van der Waals surface area contributed by atoms with Crippen LogP contribution in [-0.4, -0.2) is 56.8 Å². The van der Waals surface area contributed by atoms with Gasteiger partial charge in [0, 0.05) is 31.3 Å². The van der Waals surface area contributed by atoms with E-state index in [1.165, 1.54) is 11.1 Å². The molecule has 41 heavy (non-hydrogen) atoms. The summed E-state index contributed by atoms with van der Waals surface area (Å²) in [6, 6.07) is 9.89. The van der Waals surface area contributed by atoms with Gasteiger partial charge in [0.2, 0.25) is 17.6 Å². The van der Waals surface area contributed by atoms with Crippen molar-refractivity contribution < 1.29 is 23.6 Å². The van der Waals surface area contributed by atoms with Gasteiger partial charge in [-0.15, -0.1) is 0 Å². The lowest BCUT2D eigenvalue weighted by molar-refractivity contribution is -0.131. The number of nitrogens with zero attached hydrogens (tertiary/aromatic N) is 5. The molecule has 0 fully saturated rings. The van der Waals surface area contributed by atoms with E-state index < -0.39 is 11.7 Å². The molecule has 2 aromatic heterocycles. The molecule has 3 heterocycles. The average molecular weight is 563 g/mol. The van der Waals surface area contributed by atoms with Gasteiger partial charge >= 0.3 is 6.09 Å². The van der Waals surface area contributed by atoms with Crippen molar-refractivity contribution in [2.75, 3.05) is 13.1 Å². The molecule has 218 valence electrons. The minimum atomic E-state index is -0.725. The number of rotatable bonds is 6. The third-order valence-corrected chi connectivity index (χ3v) is 5.98. The van der Waals surface area contributed by atoms with Crippen LogP contribution >= 0.6 is 0 Å². The summed E-state index contributed by atoms with van der Waals surface area (Å²) in [4.78, 5) is 33.1. The summed E-state index contributed by atoms with van der Waals surface area (Å²) >= 11 is 0. The highest BCUT2D eigenvalue weighted by atomic mass is 16.6. The summed E-state index contributed by atoms with van der Waals surface area (Å²) in [6.45, 7) is 12.5. The maximum Gasteiger partial charge on any atom is 0.405 e. The first kappa shape index (κ1) is 31.1. The zero-order valence-corrected chi connectivity index (χ0v) is 24.6. The van der Waals surface area contributed by atoms with E-state index in [1.807, 2.05) is 31.7 Å². The van der Waals surface area contributed by atoms with Crippen molar-refractivity contribution in [1.82, 2.24) is 20.0 Å². The first-order valence-corrected chi connectivity index (χ1v) is 13.7. The lowest BCUT2D eigenvalue weighted by atomic mass is 10.00. The smallest absolute Gasteiger partial charge is 0.405 e. The van der Waals surface area contributed by atoms with Gasteiger partial charge < -0.3 is 24.6 Å². The lowest BCUT2D eigenvalue weighted by Gasteiger charge is -2.19. The van der Waals surface area contributed by atoms with Crippen LogP contribution in [0.5, 0.6) is 5.88 Å². The number of carbonyl (C=O) groups is 2. The molecular formula is C30H38N6O5. The standard InChI is InChI=1S/C25H27N5O3.C5H11NO2/c1-4-5-22(31)30-10-8-17-6-7-19(12-18(17)9-11-30)23-28-25(33-29-23)21-13-20(14-26)24(27-15-21)32-16(2)3;1-5(2,3)8-4(6)7/h6-7,12-13,15-16H,4-5,8-11H2,1-3H3;1-3H3,(H2,6,7). The van der Waals surface area contributed by atoms with Crippen molar-refractivity contribution in [1.29, 1.82) is 5.26 Å². The topological polar surface area (TPSA) is 157 Å². The van der Waals surface area contributed by atoms with Crippen LogP contribution in [0.25, 0.3) is 22.8 Å². The maximum atomic E-state index is 12.3. The molecule has 0 radical (unpaired) electrons. The van der Waals surface area contributed by atoms with E-state index in [0.717, 1.165) is 37.9 Å². The number of pyridine rings is 1. The minimum Gasteiger partial charge on any atom is -0.474 e. The van der Waals surface area contributed by atoms with Gasteiger partial charge in [-0.2, -0.15) is 10.2 Å². The number of primary amides is 1. The quantitative estimate of drug-likeness (QED) is 0.433. The van der Waals surface area contributed by atoms with Crippen LogP contribution < -0.4 is 10.5 Å². The molecule has 0 saturated heterocycles. The van der Waals surface area contributed by atoms with Crippen molar-refractivity contribution in [2.24, 2.45) is 5.73 Å². The summed E-state index contributed by atoms with van der Waals surface area (Å²) < 4.78 is 15.6. The molecule has 0 bridgehead atoms. The predicted molar refractivity (Wildman–Crippen MR) is 153 cm³/mol. The molecule has 0 unspecified atom stereocenters. The van der Waals surface area contributed by atoms with Gasteiger partial charge in [0.15, 0.2) is 0 Å². The second-order valence-electron chi connectivity index (χ2n) is 10.9. The molecule has 0 saturated carbocycles. The minimum absolute atomic E-state index is 0.0875. The fourth-order valence-electron chi connectivity index (χ4n) is 4.21. The van der Waals surface area contributed by atoms with Crippen molar-refractivity contribution in [3.63, 3.8) is 0 Å². The Hall–Kier alpha value is -4.46. The van der Waals surface area contributed by atoms with Crippen LogP contribution in [0.3, 0.4) is 0 Å². The molecule has 1 aliphatic rings. The Morgan fingerprint density at radius 3 is 2.44 bits per heavy atom. The van der Waals surface area contributed by atoms with E-state index in [2.05, 4.69) is 38.1 Å². The fraction of sp³-hybridized carbons (Fsp3) is 0.467. The number of carbonyl (C=O) groups excluding carboxylic acids is 2. The van der Waals surface area contributed by atoms with Gasteiger partial charge in [-0.25, -0.2) is 9.78 Å². The maximum absolute atomic E-state index is 12.3. The fourth-order valence-corrected chi connectivity index (χ4v) is 4.21. The number of aromatic nitrogens is 3. The SMILES string of the molecule is CC(C)(C)OC(N)=O.CCCC(=O)N1CCc2ccc(-c3noc(-c4cnc(OC(C)C)c(C#N)c4)n3)cc2CC1. The number of amides is 2. The normalized spacial score (nSPS) is 12.9. The molecule has 11 heteroatoms. The van der Waals surface area contributed by atoms with Crippen molar-refractivity contribution in [3.8, 4) is 34.8 Å². The number of hydrogen-bond acceptors (Lipinski definition) is 9. The zero-order valence-electron chi connectivity index (χ0n) is 24.6. The Bertz CT molecular complexity index is 1400. The molecule has 0 atom stereocenters. The highest BCUT2D eigenvalue weighted by Crippen LogP contribution is 2.28. The number of hydrogen-bond donors (Lipinski definition) is 1. The number of nitrogens with two attached hydrogens (primary N) is 1. The molecule has 0 spiro atoms. The molecular weight excluding hydrogens is 524 g/mol. The lowest BCUT2D eigenvalue weighted by Crippen LogP contribution is -2.32. The van der Waals surface area contributed by atoms with E-state index in [9.17, 15) is 14.9 Å². The molecule has 1 aromatic carbocycles. The average Bonchev–Trinajstić information content (AvgIpc) is 3.28. The molecule has 4 rings (SSSR count). The molecule has 11 nitrogen and oxygen atoms in total. The first-order chi connectivity index (χ1) is 19.4. The molecule has 2 amide bonds. The summed E-state index contributed by atoms with van der Waals surface area (Å²) in [6.07, 6.45) is 3.86. The van der Waals surface area contributed by atoms with Crippen LogP contribution in [-0.2, 0) is 22.4 Å². The van der Waals surface area contributed by atoms with Crippen molar-refractivity contribution in [3.05, 3.63) is 47.2 Å². The van der Waals surface area contributed by atoms with Crippen LogP contribution in [0.1, 0.15) is 71.1 Å². The highest BCUT2D eigenvalue weighted by molar-refractivity contribution is 5.76. The monoisotopic (exact) mass is 562 g/mol. The van der Waals surface area contributed by atoms with Gasteiger partial charge in [-0.1, -0.05) is 24.2 Å². The first-order valence-electron chi connectivity index (χ1n) is 13.7. The Labute approximate surface area is 240 Å².